The standard InChI is InChI=1S/C21H31ClN2O4/c1-3-5-12-27-21(26)24-11-7-9-17(14-24)20(28-15-19(25)23-4-2)16-8-6-10-18(22)13-16/h6,8,10,13,17,20H,3-5,7,9,11-12,14-15H2,1-2H3,(H,23,25). The van der Waals surface area contributed by atoms with Gasteiger partial charge in [0.1, 0.15) is 6.61 Å². The third-order valence-electron chi connectivity index (χ3n) is 4.81. The summed E-state index contributed by atoms with van der Waals surface area (Å²) in [6, 6.07) is 7.50. The maximum atomic E-state index is 12.4. The molecular formula is C21H31ClN2O4. The molecule has 1 aromatic carbocycles. The van der Waals surface area contributed by atoms with E-state index in [2.05, 4.69) is 12.2 Å². The van der Waals surface area contributed by atoms with Gasteiger partial charge in [0.05, 0.1) is 12.7 Å². The van der Waals surface area contributed by atoms with E-state index in [0.717, 1.165) is 31.2 Å². The van der Waals surface area contributed by atoms with Gasteiger partial charge in [0.25, 0.3) is 0 Å². The molecule has 1 fully saturated rings. The number of piperidine rings is 1. The Hall–Kier alpha value is -1.79. The maximum absolute atomic E-state index is 12.4. The highest BCUT2D eigenvalue weighted by Gasteiger charge is 2.32. The number of nitrogens with one attached hydrogen (secondary N) is 1. The van der Waals surface area contributed by atoms with Gasteiger partial charge in [-0.3, -0.25) is 4.79 Å². The minimum atomic E-state index is -0.312. The van der Waals surface area contributed by atoms with E-state index in [4.69, 9.17) is 21.1 Å². The second-order valence-electron chi connectivity index (χ2n) is 7.06. The monoisotopic (exact) mass is 410 g/mol. The van der Waals surface area contributed by atoms with Gasteiger partial charge in [0, 0.05) is 30.6 Å². The number of carbonyl (C=O) groups excluding carboxylic acids is 2. The molecule has 156 valence electrons. The average molecular weight is 411 g/mol. The molecule has 1 aliphatic heterocycles. The molecule has 28 heavy (non-hydrogen) atoms. The lowest BCUT2D eigenvalue weighted by Crippen LogP contribution is -2.42. The van der Waals surface area contributed by atoms with Crippen LogP contribution in [0.5, 0.6) is 0 Å². The Bertz CT molecular complexity index is 641. The predicted octanol–water partition coefficient (Wildman–Crippen LogP) is 4.18. The number of hydrogen-bond acceptors (Lipinski definition) is 4. The van der Waals surface area contributed by atoms with Crippen LogP contribution < -0.4 is 5.32 Å². The molecule has 1 aliphatic rings. The normalized spacial score (nSPS) is 17.8. The van der Waals surface area contributed by atoms with Crippen molar-refractivity contribution in [2.75, 3.05) is 32.8 Å². The molecule has 0 aromatic heterocycles. The average Bonchev–Trinajstić information content (AvgIpc) is 2.69. The molecule has 1 N–H and O–H groups in total. The number of benzene rings is 1. The Morgan fingerprint density at radius 2 is 2.18 bits per heavy atom. The highest BCUT2D eigenvalue weighted by Crippen LogP contribution is 2.34. The van der Waals surface area contributed by atoms with Crippen molar-refractivity contribution in [1.82, 2.24) is 10.2 Å². The first-order valence-electron chi connectivity index (χ1n) is 10.1. The smallest absolute Gasteiger partial charge is 0.409 e. The van der Waals surface area contributed by atoms with Crippen LogP contribution in [0.15, 0.2) is 24.3 Å². The minimum Gasteiger partial charge on any atom is -0.449 e. The van der Waals surface area contributed by atoms with E-state index < -0.39 is 0 Å². The number of hydrogen-bond donors (Lipinski definition) is 1. The van der Waals surface area contributed by atoms with E-state index in [9.17, 15) is 9.59 Å². The summed E-state index contributed by atoms with van der Waals surface area (Å²) in [6.45, 7) is 6.13. The number of ether oxygens (including phenoxy) is 2. The van der Waals surface area contributed by atoms with Gasteiger partial charge in [0.2, 0.25) is 5.91 Å². The predicted molar refractivity (Wildman–Crippen MR) is 109 cm³/mol. The summed E-state index contributed by atoms with van der Waals surface area (Å²) in [6.07, 6.45) is 3.05. The summed E-state index contributed by atoms with van der Waals surface area (Å²) in [4.78, 5) is 26.0. The van der Waals surface area contributed by atoms with E-state index in [0.29, 0.717) is 31.3 Å². The second-order valence-corrected chi connectivity index (χ2v) is 7.49. The van der Waals surface area contributed by atoms with Gasteiger partial charge in [-0.05, 0) is 43.9 Å². The molecule has 0 spiro atoms. The van der Waals surface area contributed by atoms with Crippen LogP contribution in [0.4, 0.5) is 4.79 Å². The zero-order valence-corrected chi connectivity index (χ0v) is 17.5. The largest absolute Gasteiger partial charge is 0.449 e. The molecule has 1 heterocycles. The van der Waals surface area contributed by atoms with Crippen LogP contribution in [0.3, 0.4) is 0 Å². The molecule has 2 atom stereocenters. The number of nitrogens with zero attached hydrogens (tertiary/aromatic N) is 1. The highest BCUT2D eigenvalue weighted by molar-refractivity contribution is 6.30. The molecule has 2 amide bonds. The summed E-state index contributed by atoms with van der Waals surface area (Å²) in [7, 11) is 0. The SMILES string of the molecule is CCCCOC(=O)N1CCCC(C(OCC(=O)NCC)c2cccc(Cl)c2)C1. The first-order chi connectivity index (χ1) is 13.5. The summed E-state index contributed by atoms with van der Waals surface area (Å²) >= 11 is 6.17. The van der Waals surface area contributed by atoms with Gasteiger partial charge >= 0.3 is 6.09 Å². The van der Waals surface area contributed by atoms with Crippen molar-refractivity contribution >= 4 is 23.6 Å². The van der Waals surface area contributed by atoms with Crippen LogP contribution in [0.25, 0.3) is 0 Å². The number of unbranched alkanes of at least 4 members (excludes halogenated alkanes) is 1. The summed E-state index contributed by atoms with van der Waals surface area (Å²) in [5.74, 6) is -0.0819. The Kier molecular flexibility index (Phi) is 9.58. The molecule has 0 saturated carbocycles. The Morgan fingerprint density at radius 3 is 2.89 bits per heavy atom. The number of halogens is 1. The van der Waals surface area contributed by atoms with Crippen LogP contribution in [-0.2, 0) is 14.3 Å². The lowest BCUT2D eigenvalue weighted by atomic mass is 9.88. The van der Waals surface area contributed by atoms with Gasteiger partial charge in [-0.2, -0.15) is 0 Å². The zero-order valence-electron chi connectivity index (χ0n) is 16.8. The van der Waals surface area contributed by atoms with Gasteiger partial charge in [-0.15, -0.1) is 0 Å². The molecule has 0 radical (unpaired) electrons. The van der Waals surface area contributed by atoms with Gasteiger partial charge < -0.3 is 19.7 Å². The third-order valence-corrected chi connectivity index (χ3v) is 5.05. The van der Waals surface area contributed by atoms with Gasteiger partial charge in [-0.25, -0.2) is 4.79 Å². The molecule has 1 aromatic rings. The van der Waals surface area contributed by atoms with Crippen molar-refractivity contribution in [1.29, 1.82) is 0 Å². The first-order valence-corrected chi connectivity index (χ1v) is 10.5. The highest BCUT2D eigenvalue weighted by atomic mass is 35.5. The van der Waals surface area contributed by atoms with Crippen molar-refractivity contribution in [2.24, 2.45) is 5.92 Å². The summed E-state index contributed by atoms with van der Waals surface area (Å²) in [5.41, 5.74) is 0.919. The first kappa shape index (κ1) is 22.5. The van der Waals surface area contributed by atoms with Crippen LogP contribution in [-0.4, -0.2) is 49.7 Å². The quantitative estimate of drug-likeness (QED) is 0.620. The number of rotatable bonds is 9. The molecule has 6 nitrogen and oxygen atoms in total. The van der Waals surface area contributed by atoms with Crippen LogP contribution in [0.2, 0.25) is 5.02 Å². The fraction of sp³-hybridized carbons (Fsp3) is 0.619. The Balaban J connectivity index is 2.08. The minimum absolute atomic E-state index is 0.0253. The third kappa shape index (κ3) is 6.99. The summed E-state index contributed by atoms with van der Waals surface area (Å²) in [5, 5.41) is 3.37. The number of amides is 2. The van der Waals surface area contributed by atoms with Crippen molar-refractivity contribution in [3.05, 3.63) is 34.9 Å². The number of likely N-dealkylation sites (N-methyl/N-ethyl adjacent to an activating group) is 1. The second kappa shape index (κ2) is 11.9. The summed E-state index contributed by atoms with van der Waals surface area (Å²) < 4.78 is 11.4. The fourth-order valence-corrected chi connectivity index (χ4v) is 3.62. The van der Waals surface area contributed by atoms with E-state index in [1.165, 1.54) is 0 Å². The lowest BCUT2D eigenvalue weighted by Gasteiger charge is -2.36. The number of likely N-dealkylation sites (tertiary alicyclic amines) is 1. The molecule has 2 unspecified atom stereocenters. The molecule has 2 rings (SSSR count). The maximum Gasteiger partial charge on any atom is 0.409 e. The van der Waals surface area contributed by atoms with Crippen LogP contribution in [0.1, 0.15) is 51.2 Å². The van der Waals surface area contributed by atoms with E-state index in [1.807, 2.05) is 31.2 Å². The molecule has 7 heteroatoms. The van der Waals surface area contributed by atoms with Crippen molar-refractivity contribution in [2.45, 2.75) is 45.6 Å². The molecule has 0 bridgehead atoms. The Morgan fingerprint density at radius 1 is 1.36 bits per heavy atom. The van der Waals surface area contributed by atoms with E-state index in [-0.39, 0.29) is 30.6 Å². The molecule has 0 aliphatic carbocycles. The van der Waals surface area contributed by atoms with Crippen LogP contribution >= 0.6 is 11.6 Å². The molecular weight excluding hydrogens is 380 g/mol. The zero-order chi connectivity index (χ0) is 20.4. The fourth-order valence-electron chi connectivity index (χ4n) is 3.42. The molecule has 1 saturated heterocycles. The Labute approximate surface area is 172 Å². The van der Waals surface area contributed by atoms with E-state index >= 15 is 0 Å². The van der Waals surface area contributed by atoms with Crippen LogP contribution in [0, 0.1) is 5.92 Å². The van der Waals surface area contributed by atoms with Crippen molar-refractivity contribution < 1.29 is 19.1 Å². The topological polar surface area (TPSA) is 67.9 Å². The van der Waals surface area contributed by atoms with Crippen molar-refractivity contribution in [3.8, 4) is 0 Å². The van der Waals surface area contributed by atoms with E-state index in [1.54, 1.807) is 4.90 Å². The van der Waals surface area contributed by atoms with Gasteiger partial charge in [-0.1, -0.05) is 37.1 Å². The lowest BCUT2D eigenvalue weighted by molar-refractivity contribution is -0.129. The van der Waals surface area contributed by atoms with Gasteiger partial charge in [0.15, 0.2) is 0 Å². The number of carbonyl (C=O) groups is 2. The van der Waals surface area contributed by atoms with Crippen molar-refractivity contribution in [3.63, 3.8) is 0 Å².